The molecule has 1 amide bonds. The van der Waals surface area contributed by atoms with E-state index in [-0.39, 0.29) is 5.91 Å². The molecule has 6 nitrogen and oxygen atoms in total. The fourth-order valence-electron chi connectivity index (χ4n) is 3.32. The number of amides is 1. The number of nitrogens with zero attached hydrogens (tertiary/aromatic N) is 4. The molecule has 0 aromatic carbocycles. The minimum Gasteiger partial charge on any atom is -0.336 e. The second-order valence-electron chi connectivity index (χ2n) is 6.38. The Morgan fingerprint density at radius 2 is 2.04 bits per heavy atom. The predicted molar refractivity (Wildman–Crippen MR) is 90.4 cm³/mol. The number of aromatic nitrogens is 3. The third-order valence-corrected chi connectivity index (χ3v) is 5.40. The van der Waals surface area contributed by atoms with Crippen LogP contribution in [0.5, 0.6) is 0 Å². The van der Waals surface area contributed by atoms with Crippen LogP contribution in [0.25, 0.3) is 11.4 Å². The number of rotatable bonds is 6. The third-order valence-electron chi connectivity index (χ3n) is 4.59. The van der Waals surface area contributed by atoms with Crippen LogP contribution in [0.3, 0.4) is 0 Å². The van der Waals surface area contributed by atoms with E-state index < -0.39 is 0 Å². The van der Waals surface area contributed by atoms with Crippen LogP contribution in [0, 0.1) is 0 Å². The van der Waals surface area contributed by atoms with Crippen LogP contribution >= 0.6 is 11.8 Å². The van der Waals surface area contributed by atoms with Gasteiger partial charge in [0.1, 0.15) is 0 Å². The third kappa shape index (κ3) is 3.45. The van der Waals surface area contributed by atoms with Gasteiger partial charge in [-0.3, -0.25) is 9.78 Å². The zero-order valence-corrected chi connectivity index (χ0v) is 14.2. The van der Waals surface area contributed by atoms with Gasteiger partial charge in [0.15, 0.2) is 0 Å². The van der Waals surface area contributed by atoms with Crippen LogP contribution in [-0.4, -0.2) is 43.8 Å². The van der Waals surface area contributed by atoms with Crippen molar-refractivity contribution in [2.24, 2.45) is 0 Å². The molecule has 2 fully saturated rings. The van der Waals surface area contributed by atoms with Gasteiger partial charge >= 0.3 is 0 Å². The predicted octanol–water partition coefficient (Wildman–Crippen LogP) is 3.16. The summed E-state index contributed by atoms with van der Waals surface area (Å²) in [6.45, 7) is 0. The average Bonchev–Trinajstić information content (AvgIpc) is 3.11. The van der Waals surface area contributed by atoms with Crippen molar-refractivity contribution in [2.45, 2.75) is 55.8 Å². The van der Waals surface area contributed by atoms with E-state index in [1.165, 1.54) is 24.6 Å². The highest BCUT2D eigenvalue weighted by atomic mass is 32.2. The van der Waals surface area contributed by atoms with Crippen molar-refractivity contribution in [2.75, 3.05) is 5.75 Å². The molecule has 0 bridgehead atoms. The molecule has 0 saturated heterocycles. The van der Waals surface area contributed by atoms with Gasteiger partial charge < -0.3 is 9.42 Å². The number of hydrogen-bond donors (Lipinski definition) is 0. The minimum absolute atomic E-state index is 0.204. The monoisotopic (exact) mass is 344 g/mol. The summed E-state index contributed by atoms with van der Waals surface area (Å²) in [7, 11) is 0. The maximum atomic E-state index is 12.7. The quantitative estimate of drug-likeness (QED) is 0.750. The Morgan fingerprint density at radius 3 is 2.75 bits per heavy atom. The molecule has 2 aromatic heterocycles. The van der Waals surface area contributed by atoms with E-state index in [0.717, 1.165) is 31.2 Å². The Bertz CT molecular complexity index is 696. The van der Waals surface area contributed by atoms with Gasteiger partial charge in [-0.15, -0.1) is 0 Å². The zero-order valence-electron chi connectivity index (χ0n) is 13.4. The smallest absolute Gasteiger partial charge is 0.286 e. The number of carbonyl (C=O) groups is 1. The molecule has 4 rings (SSSR count). The summed E-state index contributed by atoms with van der Waals surface area (Å²) >= 11 is 1.32. The summed E-state index contributed by atoms with van der Waals surface area (Å²) in [5.74, 6) is 1.07. The van der Waals surface area contributed by atoms with Crippen LogP contribution in [0.4, 0.5) is 0 Å². The standard InChI is InChI=1S/C17H20N4O2S/c22-15(21(14-7-8-14)13-5-1-2-6-13)11-24-17-19-16(20-23-17)12-4-3-9-18-10-12/h3-4,9-10,13-14H,1-2,5-8,11H2. The first-order valence-corrected chi connectivity index (χ1v) is 9.48. The molecule has 2 aliphatic rings. The molecular weight excluding hydrogens is 324 g/mol. The second-order valence-corrected chi connectivity index (χ2v) is 7.31. The first-order valence-electron chi connectivity index (χ1n) is 8.49. The molecule has 24 heavy (non-hydrogen) atoms. The van der Waals surface area contributed by atoms with Crippen LogP contribution < -0.4 is 0 Å². The molecule has 2 saturated carbocycles. The lowest BCUT2D eigenvalue weighted by molar-refractivity contribution is -0.131. The fraction of sp³-hybridized carbons (Fsp3) is 0.529. The number of carbonyl (C=O) groups excluding carboxylic acids is 1. The normalized spacial score (nSPS) is 18.0. The molecule has 0 unspecified atom stereocenters. The SMILES string of the molecule is O=C(CSc1nc(-c2cccnc2)no1)N(C1CCCC1)C1CC1. The van der Waals surface area contributed by atoms with Gasteiger partial charge in [-0.25, -0.2) is 0 Å². The summed E-state index contributed by atoms with van der Waals surface area (Å²) in [5.41, 5.74) is 0.810. The van der Waals surface area contributed by atoms with Crippen molar-refractivity contribution in [3.63, 3.8) is 0 Å². The van der Waals surface area contributed by atoms with E-state index in [2.05, 4.69) is 20.0 Å². The van der Waals surface area contributed by atoms with E-state index in [1.807, 2.05) is 12.1 Å². The summed E-state index contributed by atoms with van der Waals surface area (Å²) in [5, 5.41) is 4.40. The lowest BCUT2D eigenvalue weighted by atomic mass is 10.2. The maximum absolute atomic E-state index is 12.7. The number of thioether (sulfide) groups is 1. The fourth-order valence-corrected chi connectivity index (χ4v) is 3.96. The summed E-state index contributed by atoms with van der Waals surface area (Å²) in [4.78, 5) is 23.2. The Labute approximate surface area is 145 Å². The molecule has 7 heteroatoms. The van der Waals surface area contributed by atoms with Gasteiger partial charge in [-0.2, -0.15) is 4.98 Å². The van der Waals surface area contributed by atoms with Crippen LogP contribution in [-0.2, 0) is 4.79 Å². The molecule has 0 spiro atoms. The highest BCUT2D eigenvalue weighted by molar-refractivity contribution is 7.99. The van der Waals surface area contributed by atoms with E-state index in [1.54, 1.807) is 12.4 Å². The van der Waals surface area contributed by atoms with Crippen molar-refractivity contribution in [1.82, 2.24) is 20.0 Å². The molecule has 0 atom stereocenters. The van der Waals surface area contributed by atoms with Gasteiger partial charge in [0, 0.05) is 30.0 Å². The topological polar surface area (TPSA) is 72.1 Å². The molecule has 126 valence electrons. The maximum Gasteiger partial charge on any atom is 0.286 e. The van der Waals surface area contributed by atoms with Crippen LogP contribution in [0.15, 0.2) is 34.3 Å². The van der Waals surface area contributed by atoms with Crippen molar-refractivity contribution in [3.05, 3.63) is 24.5 Å². The molecule has 2 heterocycles. The van der Waals surface area contributed by atoms with Gasteiger partial charge in [0.05, 0.1) is 5.75 Å². The summed E-state index contributed by atoms with van der Waals surface area (Å²) < 4.78 is 5.25. The van der Waals surface area contributed by atoms with Gasteiger partial charge in [-0.1, -0.05) is 29.8 Å². The first kappa shape index (κ1) is 15.6. The Kier molecular flexibility index (Phi) is 4.51. The van der Waals surface area contributed by atoms with Crippen molar-refractivity contribution in [1.29, 1.82) is 0 Å². The number of hydrogen-bond acceptors (Lipinski definition) is 6. The Balaban J connectivity index is 1.37. The minimum atomic E-state index is 0.204. The number of pyridine rings is 1. The lowest BCUT2D eigenvalue weighted by Gasteiger charge is -2.28. The molecule has 2 aromatic rings. The van der Waals surface area contributed by atoms with Crippen LogP contribution in [0.2, 0.25) is 0 Å². The van der Waals surface area contributed by atoms with Crippen LogP contribution in [0.1, 0.15) is 38.5 Å². The average molecular weight is 344 g/mol. The second kappa shape index (κ2) is 6.93. The molecule has 2 aliphatic carbocycles. The molecule has 0 aliphatic heterocycles. The highest BCUT2D eigenvalue weighted by Crippen LogP contribution is 2.35. The van der Waals surface area contributed by atoms with Gasteiger partial charge in [0.2, 0.25) is 11.7 Å². The lowest BCUT2D eigenvalue weighted by Crippen LogP contribution is -2.41. The van der Waals surface area contributed by atoms with Crippen molar-refractivity contribution in [3.8, 4) is 11.4 Å². The van der Waals surface area contributed by atoms with Gasteiger partial charge in [0.25, 0.3) is 5.22 Å². The Morgan fingerprint density at radius 1 is 1.25 bits per heavy atom. The molecule has 0 radical (unpaired) electrons. The highest BCUT2D eigenvalue weighted by Gasteiger charge is 2.38. The van der Waals surface area contributed by atoms with Crippen molar-refractivity contribution < 1.29 is 9.32 Å². The van der Waals surface area contributed by atoms with E-state index in [4.69, 9.17) is 4.52 Å². The van der Waals surface area contributed by atoms with Gasteiger partial charge in [-0.05, 0) is 37.8 Å². The summed E-state index contributed by atoms with van der Waals surface area (Å²) in [6.07, 6.45) is 10.5. The molecule has 0 N–H and O–H groups in total. The zero-order chi connectivity index (χ0) is 16.4. The van der Waals surface area contributed by atoms with E-state index in [0.29, 0.717) is 28.9 Å². The largest absolute Gasteiger partial charge is 0.336 e. The van der Waals surface area contributed by atoms with Crippen molar-refractivity contribution >= 4 is 17.7 Å². The molecular formula is C17H20N4O2S. The first-order chi connectivity index (χ1) is 11.8. The Hall–Kier alpha value is -1.89. The van der Waals surface area contributed by atoms with E-state index in [9.17, 15) is 4.79 Å². The summed E-state index contributed by atoms with van der Waals surface area (Å²) in [6, 6.07) is 4.62. The van der Waals surface area contributed by atoms with E-state index >= 15 is 0 Å².